The Labute approximate surface area is 118 Å². The number of imidazole rings is 1. The van der Waals surface area contributed by atoms with Crippen LogP contribution in [0, 0.1) is 0 Å². The zero-order valence-electron chi connectivity index (χ0n) is 10.3. The van der Waals surface area contributed by atoms with Gasteiger partial charge in [-0.15, -0.1) is 0 Å². The molecule has 6 heteroatoms. The predicted molar refractivity (Wildman–Crippen MR) is 77.9 cm³/mol. The Morgan fingerprint density at radius 2 is 1.95 bits per heavy atom. The fourth-order valence-electron chi connectivity index (χ4n) is 1.98. The molecule has 0 saturated carbocycles. The third kappa shape index (κ3) is 2.44. The van der Waals surface area contributed by atoms with Gasteiger partial charge in [0.15, 0.2) is 11.5 Å². The molecule has 2 heterocycles. The van der Waals surface area contributed by atoms with Gasteiger partial charge < -0.3 is 9.88 Å². The summed E-state index contributed by atoms with van der Waals surface area (Å²) < 4.78 is 1.08. The monoisotopic (exact) mass is 317 g/mol. The Morgan fingerprint density at radius 3 is 2.74 bits per heavy atom. The van der Waals surface area contributed by atoms with Crippen molar-refractivity contribution >= 4 is 32.9 Å². The van der Waals surface area contributed by atoms with E-state index in [1.807, 2.05) is 19.2 Å². The van der Waals surface area contributed by atoms with Gasteiger partial charge in [-0.3, -0.25) is 0 Å². The van der Waals surface area contributed by atoms with Crippen LogP contribution in [0.25, 0.3) is 11.2 Å². The van der Waals surface area contributed by atoms with Crippen LogP contribution in [-0.4, -0.2) is 27.0 Å². The van der Waals surface area contributed by atoms with Crippen LogP contribution >= 0.6 is 15.9 Å². The molecule has 3 aromatic rings. The molecule has 1 N–H and O–H groups in total. The lowest BCUT2D eigenvalue weighted by Gasteiger charge is -2.18. The van der Waals surface area contributed by atoms with Gasteiger partial charge in [-0.05, 0) is 17.7 Å². The smallest absolute Gasteiger partial charge is 0.182 e. The van der Waals surface area contributed by atoms with E-state index in [1.165, 1.54) is 11.9 Å². The number of rotatable bonds is 3. The van der Waals surface area contributed by atoms with E-state index in [2.05, 4.69) is 52.9 Å². The number of nitrogens with one attached hydrogen (secondary N) is 1. The summed E-state index contributed by atoms with van der Waals surface area (Å²) in [4.78, 5) is 17.7. The fourth-order valence-corrected chi connectivity index (χ4v) is 2.24. The predicted octanol–water partition coefficient (Wildman–Crippen LogP) is 2.75. The molecule has 2 aromatic heterocycles. The highest BCUT2D eigenvalue weighted by Gasteiger charge is 2.10. The van der Waals surface area contributed by atoms with E-state index in [-0.39, 0.29) is 0 Å². The molecule has 5 nitrogen and oxygen atoms in total. The summed E-state index contributed by atoms with van der Waals surface area (Å²) in [6, 6.07) is 8.25. The van der Waals surface area contributed by atoms with Gasteiger partial charge in [0.25, 0.3) is 0 Å². The number of aromatic nitrogens is 4. The van der Waals surface area contributed by atoms with Crippen molar-refractivity contribution in [2.24, 2.45) is 0 Å². The van der Waals surface area contributed by atoms with Crippen LogP contribution in [0.5, 0.6) is 0 Å². The Morgan fingerprint density at radius 1 is 1.16 bits per heavy atom. The molecular weight excluding hydrogens is 306 g/mol. The standard InChI is InChI=1S/C13H12BrN5/c1-19(6-9-2-4-10(14)5-3-9)13-11-12(16-7-15-11)17-8-18-13/h2-5,7-8H,6H2,1H3,(H,15,16,17,18). The lowest BCUT2D eigenvalue weighted by molar-refractivity contribution is 0.898. The summed E-state index contributed by atoms with van der Waals surface area (Å²) in [5.74, 6) is 0.852. The first-order valence-electron chi connectivity index (χ1n) is 5.84. The Kier molecular flexibility index (Phi) is 3.16. The third-order valence-electron chi connectivity index (χ3n) is 2.90. The molecule has 0 bridgehead atoms. The molecule has 0 aliphatic heterocycles. The molecule has 96 valence electrons. The lowest BCUT2D eigenvalue weighted by Crippen LogP contribution is -2.18. The minimum absolute atomic E-state index is 0.688. The van der Waals surface area contributed by atoms with Crippen LogP contribution in [0.4, 0.5) is 5.82 Å². The Hall–Kier alpha value is -1.95. The van der Waals surface area contributed by atoms with E-state index in [1.54, 1.807) is 6.33 Å². The van der Waals surface area contributed by atoms with E-state index >= 15 is 0 Å². The minimum Gasteiger partial charge on any atom is -0.353 e. The number of hydrogen-bond donors (Lipinski definition) is 1. The van der Waals surface area contributed by atoms with Crippen molar-refractivity contribution < 1.29 is 0 Å². The molecule has 0 unspecified atom stereocenters. The molecule has 19 heavy (non-hydrogen) atoms. The van der Waals surface area contributed by atoms with Crippen molar-refractivity contribution in [2.75, 3.05) is 11.9 Å². The summed E-state index contributed by atoms with van der Waals surface area (Å²) in [5.41, 5.74) is 2.77. The molecule has 1 aromatic carbocycles. The zero-order chi connectivity index (χ0) is 13.2. The van der Waals surface area contributed by atoms with E-state index in [0.29, 0.717) is 5.65 Å². The van der Waals surface area contributed by atoms with Crippen LogP contribution in [0.1, 0.15) is 5.56 Å². The Bertz CT molecular complexity index is 692. The average Bonchev–Trinajstić information content (AvgIpc) is 2.89. The van der Waals surface area contributed by atoms with Crippen molar-refractivity contribution in [3.05, 3.63) is 47.0 Å². The molecule has 0 amide bonds. The molecule has 0 radical (unpaired) electrons. The van der Waals surface area contributed by atoms with E-state index in [9.17, 15) is 0 Å². The molecule has 0 spiro atoms. The van der Waals surface area contributed by atoms with Crippen LogP contribution < -0.4 is 4.90 Å². The van der Waals surface area contributed by atoms with Crippen molar-refractivity contribution in [2.45, 2.75) is 6.54 Å². The normalized spacial score (nSPS) is 10.8. The zero-order valence-corrected chi connectivity index (χ0v) is 11.9. The van der Waals surface area contributed by atoms with Crippen LogP contribution in [0.2, 0.25) is 0 Å². The summed E-state index contributed by atoms with van der Waals surface area (Å²) in [6.07, 6.45) is 3.17. The highest BCUT2D eigenvalue weighted by Crippen LogP contribution is 2.20. The average molecular weight is 318 g/mol. The van der Waals surface area contributed by atoms with E-state index in [4.69, 9.17) is 0 Å². The van der Waals surface area contributed by atoms with Crippen molar-refractivity contribution in [1.82, 2.24) is 19.9 Å². The second kappa shape index (κ2) is 4.97. The van der Waals surface area contributed by atoms with E-state index in [0.717, 1.165) is 22.4 Å². The minimum atomic E-state index is 0.688. The molecule has 0 aliphatic carbocycles. The van der Waals surface area contributed by atoms with Crippen LogP contribution in [-0.2, 0) is 6.54 Å². The first kappa shape index (κ1) is 12.1. The molecule has 0 aliphatic rings. The second-order valence-corrected chi connectivity index (χ2v) is 5.20. The van der Waals surface area contributed by atoms with Crippen molar-refractivity contribution in [3.8, 4) is 0 Å². The first-order valence-corrected chi connectivity index (χ1v) is 6.63. The number of aromatic amines is 1. The maximum atomic E-state index is 4.33. The van der Waals surface area contributed by atoms with Crippen LogP contribution in [0.3, 0.4) is 0 Å². The van der Waals surface area contributed by atoms with Gasteiger partial charge in [-0.25, -0.2) is 15.0 Å². The molecule has 0 saturated heterocycles. The maximum absolute atomic E-state index is 4.33. The number of fused-ring (bicyclic) bond motifs is 1. The number of hydrogen-bond acceptors (Lipinski definition) is 4. The van der Waals surface area contributed by atoms with Gasteiger partial charge in [-0.2, -0.15) is 0 Å². The van der Waals surface area contributed by atoms with Gasteiger partial charge in [0.2, 0.25) is 0 Å². The number of halogens is 1. The summed E-state index contributed by atoms with van der Waals surface area (Å²) in [5, 5.41) is 0. The molecule has 3 rings (SSSR count). The van der Waals surface area contributed by atoms with Gasteiger partial charge in [0.1, 0.15) is 11.8 Å². The number of benzene rings is 1. The number of nitrogens with zero attached hydrogens (tertiary/aromatic N) is 4. The summed E-state index contributed by atoms with van der Waals surface area (Å²) in [6.45, 7) is 0.776. The van der Waals surface area contributed by atoms with Gasteiger partial charge in [0, 0.05) is 18.1 Å². The van der Waals surface area contributed by atoms with Gasteiger partial charge in [0.05, 0.1) is 6.33 Å². The van der Waals surface area contributed by atoms with Crippen molar-refractivity contribution in [1.29, 1.82) is 0 Å². The quantitative estimate of drug-likeness (QED) is 0.807. The maximum Gasteiger partial charge on any atom is 0.182 e. The highest BCUT2D eigenvalue weighted by molar-refractivity contribution is 9.10. The SMILES string of the molecule is CN(Cc1ccc(Br)cc1)c1ncnc2nc[nH]c12. The molecule has 0 atom stereocenters. The van der Waals surface area contributed by atoms with Crippen LogP contribution in [0.15, 0.2) is 41.4 Å². The number of H-pyrrole nitrogens is 1. The van der Waals surface area contributed by atoms with Crippen molar-refractivity contribution in [3.63, 3.8) is 0 Å². The molecule has 0 fully saturated rings. The van der Waals surface area contributed by atoms with Gasteiger partial charge >= 0.3 is 0 Å². The second-order valence-electron chi connectivity index (χ2n) is 4.28. The summed E-state index contributed by atoms with van der Waals surface area (Å²) >= 11 is 3.44. The Balaban J connectivity index is 1.89. The third-order valence-corrected chi connectivity index (χ3v) is 3.43. The topological polar surface area (TPSA) is 57.7 Å². The molecular formula is C13H12BrN5. The number of anilines is 1. The lowest BCUT2D eigenvalue weighted by atomic mass is 10.2. The summed E-state index contributed by atoms with van der Waals surface area (Å²) in [7, 11) is 2.00. The first-order chi connectivity index (χ1) is 9.24. The fraction of sp³-hybridized carbons (Fsp3) is 0.154. The van der Waals surface area contributed by atoms with E-state index < -0.39 is 0 Å². The largest absolute Gasteiger partial charge is 0.353 e. The highest BCUT2D eigenvalue weighted by atomic mass is 79.9. The van der Waals surface area contributed by atoms with Gasteiger partial charge in [-0.1, -0.05) is 28.1 Å².